The van der Waals surface area contributed by atoms with E-state index in [0.717, 1.165) is 46.4 Å². The average molecular weight is 457 g/mol. The number of halogens is 2. The van der Waals surface area contributed by atoms with Gasteiger partial charge in [0.15, 0.2) is 11.5 Å². The summed E-state index contributed by atoms with van der Waals surface area (Å²) in [6, 6.07) is 19.7. The van der Waals surface area contributed by atoms with Gasteiger partial charge in [-0.05, 0) is 54.8 Å². The number of methoxy groups -OCH3 is 1. The SMILES string of the molecule is COc1cccc(CNc2ccc(N3CCCC3)c(Cl)c2)c1OCc1ccc(Cl)cc1. The number of ether oxygens (including phenoxy) is 2. The van der Waals surface area contributed by atoms with Gasteiger partial charge in [0.05, 0.1) is 17.8 Å². The van der Waals surface area contributed by atoms with E-state index in [9.17, 15) is 0 Å². The van der Waals surface area contributed by atoms with Crippen molar-refractivity contribution in [1.82, 2.24) is 0 Å². The second kappa shape index (κ2) is 10.2. The Morgan fingerprint density at radius 1 is 0.968 bits per heavy atom. The zero-order valence-corrected chi connectivity index (χ0v) is 19.0. The van der Waals surface area contributed by atoms with Crippen LogP contribution in [0.3, 0.4) is 0 Å². The number of anilines is 2. The Labute approximate surface area is 193 Å². The minimum absolute atomic E-state index is 0.431. The number of benzene rings is 3. The van der Waals surface area contributed by atoms with Crippen LogP contribution < -0.4 is 19.7 Å². The van der Waals surface area contributed by atoms with E-state index in [1.54, 1.807) is 7.11 Å². The zero-order chi connectivity index (χ0) is 21.6. The van der Waals surface area contributed by atoms with Crippen molar-refractivity contribution < 1.29 is 9.47 Å². The summed E-state index contributed by atoms with van der Waals surface area (Å²) in [5.74, 6) is 1.43. The molecule has 0 unspecified atom stereocenters. The predicted molar refractivity (Wildman–Crippen MR) is 129 cm³/mol. The Morgan fingerprint density at radius 3 is 2.45 bits per heavy atom. The van der Waals surface area contributed by atoms with Gasteiger partial charge in [0, 0.05) is 35.9 Å². The summed E-state index contributed by atoms with van der Waals surface area (Å²) >= 11 is 12.5. The van der Waals surface area contributed by atoms with E-state index >= 15 is 0 Å². The minimum atomic E-state index is 0.431. The van der Waals surface area contributed by atoms with E-state index in [1.807, 2.05) is 48.5 Å². The van der Waals surface area contributed by atoms with E-state index in [4.69, 9.17) is 32.7 Å². The van der Waals surface area contributed by atoms with Crippen LogP contribution in [0.5, 0.6) is 11.5 Å². The van der Waals surface area contributed by atoms with Gasteiger partial charge in [0.2, 0.25) is 0 Å². The summed E-state index contributed by atoms with van der Waals surface area (Å²) in [4.78, 5) is 2.34. The fourth-order valence-corrected chi connectivity index (χ4v) is 4.22. The standard InChI is InChI=1S/C25H26Cl2N2O2/c1-30-24-6-4-5-19(25(24)31-17-18-7-9-20(26)10-8-18)16-28-21-11-12-23(22(27)15-21)29-13-2-3-14-29/h4-12,15,28H,2-3,13-14,16-17H2,1H3. The van der Waals surface area contributed by atoms with Crippen molar-refractivity contribution in [2.75, 3.05) is 30.4 Å². The molecule has 1 aliphatic rings. The van der Waals surface area contributed by atoms with Crippen molar-refractivity contribution in [2.45, 2.75) is 26.0 Å². The van der Waals surface area contributed by atoms with E-state index in [1.165, 1.54) is 12.8 Å². The molecule has 4 nitrogen and oxygen atoms in total. The molecule has 1 N–H and O–H groups in total. The normalized spacial score (nSPS) is 13.3. The third-order valence-corrected chi connectivity index (χ3v) is 6.01. The summed E-state index contributed by atoms with van der Waals surface area (Å²) in [6.45, 7) is 3.17. The molecule has 0 radical (unpaired) electrons. The quantitative estimate of drug-likeness (QED) is 0.404. The van der Waals surface area contributed by atoms with Crippen LogP contribution in [0.2, 0.25) is 10.0 Å². The van der Waals surface area contributed by atoms with Gasteiger partial charge in [-0.3, -0.25) is 0 Å². The Kier molecular flexibility index (Phi) is 7.10. The topological polar surface area (TPSA) is 33.7 Å². The van der Waals surface area contributed by atoms with Crippen LogP contribution in [0, 0.1) is 0 Å². The second-order valence-electron chi connectivity index (χ2n) is 7.58. The van der Waals surface area contributed by atoms with Crippen molar-refractivity contribution in [2.24, 2.45) is 0 Å². The van der Waals surface area contributed by atoms with Crippen LogP contribution in [-0.2, 0) is 13.2 Å². The lowest BCUT2D eigenvalue weighted by Crippen LogP contribution is -2.17. The van der Waals surface area contributed by atoms with Crippen molar-refractivity contribution in [3.8, 4) is 11.5 Å². The van der Waals surface area contributed by atoms with Gasteiger partial charge in [-0.15, -0.1) is 0 Å². The Balaban J connectivity index is 1.46. The molecule has 0 aliphatic carbocycles. The summed E-state index contributed by atoms with van der Waals surface area (Å²) in [5.41, 5.74) is 4.13. The first-order valence-electron chi connectivity index (χ1n) is 10.5. The lowest BCUT2D eigenvalue weighted by atomic mass is 10.1. The number of rotatable bonds is 8. The molecule has 6 heteroatoms. The summed E-state index contributed by atoms with van der Waals surface area (Å²) in [6.07, 6.45) is 2.45. The lowest BCUT2D eigenvalue weighted by Gasteiger charge is -2.20. The highest BCUT2D eigenvalue weighted by atomic mass is 35.5. The highest BCUT2D eigenvalue weighted by Gasteiger charge is 2.16. The molecule has 3 aromatic rings. The number of hydrogen-bond acceptors (Lipinski definition) is 4. The van der Waals surface area contributed by atoms with Gasteiger partial charge in [0.25, 0.3) is 0 Å². The maximum atomic E-state index is 6.56. The fraction of sp³-hybridized carbons (Fsp3) is 0.280. The first-order chi connectivity index (χ1) is 15.1. The number of para-hydroxylation sites is 1. The molecule has 1 aliphatic heterocycles. The van der Waals surface area contributed by atoms with E-state index in [-0.39, 0.29) is 0 Å². The molecule has 0 aromatic heterocycles. The molecule has 1 heterocycles. The number of nitrogens with zero attached hydrogens (tertiary/aromatic N) is 1. The monoisotopic (exact) mass is 456 g/mol. The van der Waals surface area contributed by atoms with Crippen molar-refractivity contribution in [3.63, 3.8) is 0 Å². The first-order valence-corrected chi connectivity index (χ1v) is 11.2. The van der Waals surface area contributed by atoms with Crippen LogP contribution >= 0.6 is 23.2 Å². The minimum Gasteiger partial charge on any atom is -0.493 e. The summed E-state index contributed by atoms with van der Waals surface area (Å²) in [5, 5.41) is 4.94. The summed E-state index contributed by atoms with van der Waals surface area (Å²) < 4.78 is 11.7. The number of nitrogens with one attached hydrogen (secondary N) is 1. The van der Waals surface area contributed by atoms with Crippen molar-refractivity contribution in [1.29, 1.82) is 0 Å². The van der Waals surface area contributed by atoms with Crippen LogP contribution in [0.1, 0.15) is 24.0 Å². The molecule has 0 amide bonds. The van der Waals surface area contributed by atoms with Gasteiger partial charge in [-0.2, -0.15) is 0 Å². The van der Waals surface area contributed by atoms with Gasteiger partial charge in [-0.1, -0.05) is 47.5 Å². The van der Waals surface area contributed by atoms with E-state index in [0.29, 0.717) is 23.9 Å². The third-order valence-electron chi connectivity index (χ3n) is 5.45. The largest absolute Gasteiger partial charge is 0.493 e. The average Bonchev–Trinajstić information content (AvgIpc) is 3.32. The maximum absolute atomic E-state index is 6.56. The molecule has 3 aromatic carbocycles. The summed E-state index contributed by atoms with van der Waals surface area (Å²) in [7, 11) is 1.65. The number of hydrogen-bond donors (Lipinski definition) is 1. The van der Waals surface area contributed by atoms with Crippen LogP contribution in [-0.4, -0.2) is 20.2 Å². The molecule has 4 rings (SSSR count). The third kappa shape index (κ3) is 5.38. The van der Waals surface area contributed by atoms with E-state index < -0.39 is 0 Å². The smallest absolute Gasteiger partial charge is 0.166 e. The van der Waals surface area contributed by atoms with E-state index in [2.05, 4.69) is 22.3 Å². The van der Waals surface area contributed by atoms with Crippen LogP contribution in [0.25, 0.3) is 0 Å². The molecule has 1 saturated heterocycles. The van der Waals surface area contributed by atoms with Gasteiger partial charge in [-0.25, -0.2) is 0 Å². The molecular weight excluding hydrogens is 431 g/mol. The molecule has 0 saturated carbocycles. The second-order valence-corrected chi connectivity index (χ2v) is 8.42. The zero-order valence-electron chi connectivity index (χ0n) is 17.5. The molecular formula is C25H26Cl2N2O2. The molecule has 0 spiro atoms. The van der Waals surface area contributed by atoms with Gasteiger partial charge in [0.1, 0.15) is 6.61 Å². The highest BCUT2D eigenvalue weighted by Crippen LogP contribution is 2.34. The molecule has 162 valence electrons. The molecule has 1 fully saturated rings. The highest BCUT2D eigenvalue weighted by molar-refractivity contribution is 6.33. The molecule has 0 bridgehead atoms. The van der Waals surface area contributed by atoms with Gasteiger partial charge < -0.3 is 19.7 Å². The van der Waals surface area contributed by atoms with Crippen LogP contribution in [0.4, 0.5) is 11.4 Å². The van der Waals surface area contributed by atoms with Crippen molar-refractivity contribution >= 4 is 34.6 Å². The molecule has 31 heavy (non-hydrogen) atoms. The maximum Gasteiger partial charge on any atom is 0.166 e. The lowest BCUT2D eigenvalue weighted by molar-refractivity contribution is 0.281. The molecule has 0 atom stereocenters. The van der Waals surface area contributed by atoms with Gasteiger partial charge >= 0.3 is 0 Å². The Bertz CT molecular complexity index is 1020. The fourth-order valence-electron chi connectivity index (χ4n) is 3.79. The predicted octanol–water partition coefficient (Wildman–Crippen LogP) is 6.79. The van der Waals surface area contributed by atoms with Crippen molar-refractivity contribution in [3.05, 3.63) is 81.8 Å². The first kappa shape index (κ1) is 21.7. The van der Waals surface area contributed by atoms with Crippen LogP contribution in [0.15, 0.2) is 60.7 Å². The Morgan fingerprint density at radius 2 is 1.74 bits per heavy atom. The Hall–Kier alpha value is -2.56.